The summed E-state index contributed by atoms with van der Waals surface area (Å²) in [7, 11) is 1.88. The molecule has 2 aromatic carbocycles. The minimum Gasteiger partial charge on any atom is -0.462 e. The molecule has 23 heavy (non-hydrogen) atoms. The van der Waals surface area contributed by atoms with E-state index in [1.807, 2.05) is 31.5 Å². The largest absolute Gasteiger partial charge is 0.462 e. The maximum Gasteiger partial charge on any atom is 0.302 e. The molecule has 3 heteroatoms. The summed E-state index contributed by atoms with van der Waals surface area (Å²) in [6, 6.07) is 16.7. The zero-order valence-electron chi connectivity index (χ0n) is 13.5. The molecule has 0 fully saturated rings. The lowest BCUT2D eigenvalue weighted by Crippen LogP contribution is -1.97. The number of hydrogen-bond donors (Lipinski definition) is 1. The summed E-state index contributed by atoms with van der Waals surface area (Å²) in [6.07, 6.45) is 7.71. The highest BCUT2D eigenvalue weighted by Crippen LogP contribution is 2.21. The smallest absolute Gasteiger partial charge is 0.302 e. The van der Waals surface area contributed by atoms with Gasteiger partial charge in [0.25, 0.3) is 0 Å². The van der Waals surface area contributed by atoms with Crippen LogP contribution in [0.5, 0.6) is 0 Å². The second-order valence-corrected chi connectivity index (χ2v) is 5.07. The van der Waals surface area contributed by atoms with Gasteiger partial charge in [0.2, 0.25) is 0 Å². The number of carbonyl (C=O) groups is 1. The maximum atomic E-state index is 10.7. The van der Waals surface area contributed by atoms with Crippen LogP contribution in [0.3, 0.4) is 0 Å². The third-order valence-electron chi connectivity index (χ3n) is 3.29. The van der Waals surface area contributed by atoms with E-state index in [1.165, 1.54) is 18.1 Å². The first kappa shape index (κ1) is 16.6. The lowest BCUT2D eigenvalue weighted by Gasteiger charge is -2.03. The van der Waals surface area contributed by atoms with Crippen molar-refractivity contribution in [3.05, 3.63) is 71.9 Å². The topological polar surface area (TPSA) is 38.3 Å². The van der Waals surface area contributed by atoms with E-state index < -0.39 is 0 Å². The van der Waals surface area contributed by atoms with Crippen LogP contribution < -0.4 is 5.32 Å². The van der Waals surface area contributed by atoms with Crippen LogP contribution in [0.15, 0.2) is 60.8 Å². The van der Waals surface area contributed by atoms with Crippen molar-refractivity contribution in [2.75, 3.05) is 13.7 Å². The Bertz CT molecular complexity index is 683. The van der Waals surface area contributed by atoms with Gasteiger partial charge in [-0.15, -0.1) is 0 Å². The van der Waals surface area contributed by atoms with Crippen LogP contribution in [0.25, 0.3) is 23.3 Å². The fourth-order valence-corrected chi connectivity index (χ4v) is 2.10. The summed E-state index contributed by atoms with van der Waals surface area (Å²) in [5.74, 6) is -0.266. The Morgan fingerprint density at radius 2 is 1.48 bits per heavy atom. The Labute approximate surface area is 137 Å². The standard InChI is InChI=1S/C20H21NO2/c1-16(22)23-15-3-4-17-5-9-19(10-6-17)20-11-7-18(8-12-20)13-14-21-2/h3-14,21H,15H2,1-2H3/b4-3+,14-13+. The fraction of sp³-hybridized carbons (Fsp3) is 0.150. The van der Waals surface area contributed by atoms with Gasteiger partial charge in [0.15, 0.2) is 0 Å². The van der Waals surface area contributed by atoms with Crippen molar-refractivity contribution in [2.24, 2.45) is 0 Å². The van der Waals surface area contributed by atoms with Crippen molar-refractivity contribution in [1.29, 1.82) is 0 Å². The number of rotatable bonds is 6. The van der Waals surface area contributed by atoms with Crippen LogP contribution in [0.1, 0.15) is 18.1 Å². The van der Waals surface area contributed by atoms with Crippen molar-refractivity contribution in [1.82, 2.24) is 5.32 Å². The van der Waals surface area contributed by atoms with Gasteiger partial charge in [-0.3, -0.25) is 4.79 Å². The summed E-state index contributed by atoms with van der Waals surface area (Å²) in [5, 5.41) is 2.98. The molecular formula is C20H21NO2. The third kappa shape index (κ3) is 5.47. The molecular weight excluding hydrogens is 286 g/mol. The summed E-state index contributed by atoms with van der Waals surface area (Å²) in [5.41, 5.74) is 4.59. The SMILES string of the molecule is CN/C=C/c1ccc(-c2ccc(/C=C/COC(C)=O)cc2)cc1. The monoisotopic (exact) mass is 307 g/mol. The predicted molar refractivity (Wildman–Crippen MR) is 95.6 cm³/mol. The molecule has 0 aliphatic carbocycles. The molecule has 0 heterocycles. The summed E-state index contributed by atoms with van der Waals surface area (Å²) >= 11 is 0. The molecule has 0 unspecified atom stereocenters. The van der Waals surface area contributed by atoms with E-state index in [0.717, 1.165) is 11.1 Å². The Kier molecular flexibility index (Phi) is 6.18. The highest BCUT2D eigenvalue weighted by Gasteiger charge is 1.97. The average Bonchev–Trinajstić information content (AvgIpc) is 2.58. The molecule has 0 aliphatic heterocycles. The van der Waals surface area contributed by atoms with E-state index in [9.17, 15) is 4.79 Å². The number of nitrogens with one attached hydrogen (secondary N) is 1. The molecule has 0 aromatic heterocycles. The van der Waals surface area contributed by atoms with Gasteiger partial charge in [0, 0.05) is 14.0 Å². The molecule has 0 bridgehead atoms. The molecule has 0 radical (unpaired) electrons. The van der Waals surface area contributed by atoms with Crippen molar-refractivity contribution < 1.29 is 9.53 Å². The van der Waals surface area contributed by atoms with E-state index >= 15 is 0 Å². The number of carbonyl (C=O) groups excluding carboxylic acids is 1. The van der Waals surface area contributed by atoms with E-state index in [-0.39, 0.29) is 5.97 Å². The number of benzene rings is 2. The molecule has 0 amide bonds. The van der Waals surface area contributed by atoms with Crippen LogP contribution >= 0.6 is 0 Å². The summed E-state index contributed by atoms with van der Waals surface area (Å²) < 4.78 is 4.86. The first-order chi connectivity index (χ1) is 11.2. The number of hydrogen-bond acceptors (Lipinski definition) is 3. The van der Waals surface area contributed by atoms with Crippen LogP contribution in [0.2, 0.25) is 0 Å². The molecule has 0 saturated heterocycles. The lowest BCUT2D eigenvalue weighted by atomic mass is 10.0. The van der Waals surface area contributed by atoms with E-state index in [0.29, 0.717) is 6.61 Å². The summed E-state index contributed by atoms with van der Waals surface area (Å²) in [6.45, 7) is 1.71. The number of esters is 1. The van der Waals surface area contributed by atoms with Gasteiger partial charge >= 0.3 is 5.97 Å². The van der Waals surface area contributed by atoms with Crippen molar-refractivity contribution in [3.8, 4) is 11.1 Å². The van der Waals surface area contributed by atoms with Crippen molar-refractivity contribution >= 4 is 18.1 Å². The molecule has 1 N–H and O–H groups in total. The van der Waals surface area contributed by atoms with Crippen LogP contribution in [0, 0.1) is 0 Å². The van der Waals surface area contributed by atoms with E-state index in [1.54, 1.807) is 0 Å². The molecule has 0 spiro atoms. The summed E-state index contributed by atoms with van der Waals surface area (Å²) in [4.78, 5) is 10.7. The second-order valence-electron chi connectivity index (χ2n) is 5.07. The van der Waals surface area contributed by atoms with Crippen LogP contribution in [-0.2, 0) is 9.53 Å². The normalized spacial score (nSPS) is 11.0. The van der Waals surface area contributed by atoms with Crippen LogP contribution in [0.4, 0.5) is 0 Å². The highest BCUT2D eigenvalue weighted by atomic mass is 16.5. The van der Waals surface area contributed by atoms with Crippen molar-refractivity contribution in [3.63, 3.8) is 0 Å². The Hall–Kier alpha value is -2.81. The van der Waals surface area contributed by atoms with Gasteiger partial charge in [0.05, 0.1) is 0 Å². The maximum absolute atomic E-state index is 10.7. The van der Waals surface area contributed by atoms with Gasteiger partial charge in [-0.1, -0.05) is 54.6 Å². The molecule has 3 nitrogen and oxygen atoms in total. The zero-order valence-corrected chi connectivity index (χ0v) is 13.5. The lowest BCUT2D eigenvalue weighted by molar-refractivity contribution is -0.139. The van der Waals surface area contributed by atoms with E-state index in [2.05, 4.69) is 53.8 Å². The van der Waals surface area contributed by atoms with E-state index in [4.69, 9.17) is 4.74 Å². The minimum absolute atomic E-state index is 0.266. The second kappa shape index (κ2) is 8.59. The molecule has 118 valence electrons. The Balaban J connectivity index is 2.01. The Morgan fingerprint density at radius 1 is 0.957 bits per heavy atom. The van der Waals surface area contributed by atoms with Gasteiger partial charge in [-0.2, -0.15) is 0 Å². The van der Waals surface area contributed by atoms with Gasteiger partial charge in [-0.25, -0.2) is 0 Å². The molecule has 0 aliphatic rings. The first-order valence-electron chi connectivity index (χ1n) is 7.53. The third-order valence-corrected chi connectivity index (χ3v) is 3.29. The van der Waals surface area contributed by atoms with Crippen LogP contribution in [-0.4, -0.2) is 19.6 Å². The Morgan fingerprint density at radius 3 is 1.96 bits per heavy atom. The van der Waals surface area contributed by atoms with Gasteiger partial charge < -0.3 is 10.1 Å². The van der Waals surface area contributed by atoms with Gasteiger partial charge in [0.1, 0.15) is 6.61 Å². The van der Waals surface area contributed by atoms with Crippen molar-refractivity contribution in [2.45, 2.75) is 6.92 Å². The fourth-order valence-electron chi connectivity index (χ4n) is 2.10. The van der Waals surface area contributed by atoms with Gasteiger partial charge in [-0.05, 0) is 40.6 Å². The zero-order chi connectivity index (χ0) is 16.5. The molecule has 0 atom stereocenters. The molecule has 0 saturated carbocycles. The highest BCUT2D eigenvalue weighted by molar-refractivity contribution is 5.68. The number of ether oxygens (including phenoxy) is 1. The minimum atomic E-state index is -0.266. The molecule has 2 aromatic rings. The quantitative estimate of drug-likeness (QED) is 0.816. The predicted octanol–water partition coefficient (Wildman–Crippen LogP) is 4.12. The average molecular weight is 307 g/mol. The molecule has 2 rings (SSSR count). The first-order valence-corrected chi connectivity index (χ1v) is 7.53.